The molecule has 0 unspecified atom stereocenters. The van der Waals surface area contributed by atoms with Gasteiger partial charge in [0.15, 0.2) is 0 Å². The SMILES string of the molecule is Cn1cnnc1[C@@H](c1cccc(-n2cc3c(C(F)(F)F)cc(CN4CCN(S(C)(=O)=O)CC4)cn3c2=O)c1)C1CCC1. The number of imidazole rings is 1. The molecule has 0 bridgehead atoms. The molecule has 0 radical (unpaired) electrons. The molecule has 1 aliphatic carbocycles. The number of aryl methyl sites for hydroxylation is 1. The second kappa shape index (κ2) is 10.7. The maximum atomic E-state index is 14.3. The van der Waals surface area contributed by atoms with Crippen LogP contribution in [0.5, 0.6) is 0 Å². The van der Waals surface area contributed by atoms with Crippen LogP contribution in [0.4, 0.5) is 13.2 Å². The fourth-order valence-electron chi connectivity index (χ4n) is 6.07. The standard InChI is InChI=1S/C28H32F3N7O3S/c1-34-18-32-33-26(34)25(20-5-3-6-20)21-7-4-8-22(14-21)37-17-24-23(28(29,30)31)13-19(16-38(24)27(37)39)15-35-9-11-36(12-10-35)42(2,40)41/h4,7-8,13-14,16-18,20,25H,3,5-6,9-12,15H2,1-2H3/t25-/m1/s1. The molecule has 224 valence electrons. The minimum Gasteiger partial charge on any atom is -0.320 e. The van der Waals surface area contributed by atoms with Crippen molar-refractivity contribution in [3.05, 3.63) is 82.1 Å². The Kier molecular flexibility index (Phi) is 7.26. The van der Waals surface area contributed by atoms with Crippen molar-refractivity contribution in [2.24, 2.45) is 13.0 Å². The van der Waals surface area contributed by atoms with Crippen LogP contribution in [0.15, 0.2) is 53.8 Å². The molecule has 42 heavy (non-hydrogen) atoms. The second-order valence-corrected chi connectivity index (χ2v) is 13.3. The van der Waals surface area contributed by atoms with Crippen molar-refractivity contribution in [2.45, 2.75) is 37.9 Å². The van der Waals surface area contributed by atoms with Gasteiger partial charge in [-0.1, -0.05) is 18.6 Å². The Morgan fingerprint density at radius 2 is 1.81 bits per heavy atom. The van der Waals surface area contributed by atoms with Gasteiger partial charge in [0.05, 0.1) is 23.0 Å². The highest BCUT2D eigenvalue weighted by Crippen LogP contribution is 2.43. The van der Waals surface area contributed by atoms with Gasteiger partial charge in [0, 0.05) is 58.1 Å². The van der Waals surface area contributed by atoms with Crippen molar-refractivity contribution >= 4 is 15.5 Å². The summed E-state index contributed by atoms with van der Waals surface area (Å²) < 4.78 is 72.0. The number of pyridine rings is 1. The van der Waals surface area contributed by atoms with E-state index in [1.807, 2.05) is 34.7 Å². The van der Waals surface area contributed by atoms with Gasteiger partial charge in [0.2, 0.25) is 10.0 Å². The van der Waals surface area contributed by atoms with Crippen LogP contribution < -0.4 is 5.69 Å². The highest BCUT2D eigenvalue weighted by atomic mass is 32.2. The summed E-state index contributed by atoms with van der Waals surface area (Å²) in [6.45, 7) is 1.43. The molecule has 1 saturated heterocycles. The van der Waals surface area contributed by atoms with E-state index in [4.69, 9.17) is 0 Å². The largest absolute Gasteiger partial charge is 0.418 e. The van der Waals surface area contributed by atoms with Gasteiger partial charge in [0.25, 0.3) is 0 Å². The number of fused-ring (bicyclic) bond motifs is 1. The van der Waals surface area contributed by atoms with Crippen molar-refractivity contribution in [3.8, 4) is 5.69 Å². The normalized spacial score (nSPS) is 18.4. The molecule has 1 aromatic carbocycles. The Bertz CT molecular complexity index is 1780. The van der Waals surface area contributed by atoms with Gasteiger partial charge < -0.3 is 4.57 Å². The van der Waals surface area contributed by atoms with Gasteiger partial charge in [-0.25, -0.2) is 13.2 Å². The van der Waals surface area contributed by atoms with Crippen LogP contribution in [0, 0.1) is 5.92 Å². The van der Waals surface area contributed by atoms with Crippen molar-refractivity contribution in [1.82, 2.24) is 32.9 Å². The van der Waals surface area contributed by atoms with Gasteiger partial charge in [0.1, 0.15) is 12.2 Å². The number of benzene rings is 1. The van der Waals surface area contributed by atoms with Crippen molar-refractivity contribution in [3.63, 3.8) is 0 Å². The average molecular weight is 604 g/mol. The van der Waals surface area contributed by atoms with Crippen LogP contribution in [-0.4, -0.2) is 73.8 Å². The third-order valence-corrected chi connectivity index (χ3v) is 9.79. The summed E-state index contributed by atoms with van der Waals surface area (Å²) in [6.07, 6.45) is 4.01. The van der Waals surface area contributed by atoms with Gasteiger partial charge in [-0.2, -0.15) is 17.5 Å². The first-order valence-corrected chi connectivity index (χ1v) is 15.7. The predicted molar refractivity (Wildman–Crippen MR) is 150 cm³/mol. The molecule has 1 atom stereocenters. The van der Waals surface area contributed by atoms with Gasteiger partial charge in [-0.3, -0.25) is 13.9 Å². The van der Waals surface area contributed by atoms with Crippen LogP contribution >= 0.6 is 0 Å². The first-order chi connectivity index (χ1) is 19.9. The van der Waals surface area contributed by atoms with E-state index in [-0.39, 0.29) is 31.1 Å². The lowest BCUT2D eigenvalue weighted by Gasteiger charge is -2.33. The Labute approximate surface area is 241 Å². The lowest BCUT2D eigenvalue weighted by molar-refractivity contribution is -0.136. The molecular weight excluding hydrogens is 571 g/mol. The minimum atomic E-state index is -4.68. The molecule has 2 fully saturated rings. The molecule has 10 nitrogen and oxygen atoms in total. The maximum Gasteiger partial charge on any atom is 0.418 e. The van der Waals surface area contributed by atoms with E-state index in [0.29, 0.717) is 30.3 Å². The molecule has 3 aromatic heterocycles. The van der Waals surface area contributed by atoms with E-state index < -0.39 is 27.5 Å². The third kappa shape index (κ3) is 5.38. The first kappa shape index (κ1) is 28.6. The monoisotopic (exact) mass is 603 g/mol. The number of hydrogen-bond donors (Lipinski definition) is 0. The van der Waals surface area contributed by atoms with Gasteiger partial charge in [-0.15, -0.1) is 10.2 Å². The van der Waals surface area contributed by atoms with E-state index in [9.17, 15) is 26.4 Å². The molecule has 2 aliphatic rings. The van der Waals surface area contributed by atoms with Gasteiger partial charge in [-0.05, 0) is 48.1 Å². The molecule has 0 amide bonds. The lowest BCUT2D eigenvalue weighted by atomic mass is 9.72. The van der Waals surface area contributed by atoms with E-state index >= 15 is 0 Å². The summed E-state index contributed by atoms with van der Waals surface area (Å²) in [7, 11) is -1.44. The Morgan fingerprint density at radius 3 is 2.40 bits per heavy atom. The number of rotatable bonds is 7. The fourth-order valence-corrected chi connectivity index (χ4v) is 6.89. The van der Waals surface area contributed by atoms with Crippen molar-refractivity contribution in [1.29, 1.82) is 0 Å². The number of piperazine rings is 1. The summed E-state index contributed by atoms with van der Waals surface area (Å²) in [4.78, 5) is 15.5. The highest BCUT2D eigenvalue weighted by Gasteiger charge is 2.36. The molecule has 0 spiro atoms. The summed E-state index contributed by atoms with van der Waals surface area (Å²) in [5, 5.41) is 8.39. The summed E-state index contributed by atoms with van der Waals surface area (Å²) in [5.41, 5.74) is -0.000836. The predicted octanol–water partition coefficient (Wildman–Crippen LogP) is 3.25. The zero-order valence-corrected chi connectivity index (χ0v) is 24.1. The molecule has 0 N–H and O–H groups in total. The van der Waals surface area contributed by atoms with Crippen LogP contribution in [0.25, 0.3) is 11.2 Å². The molecule has 1 saturated carbocycles. The Morgan fingerprint density at radius 1 is 1.07 bits per heavy atom. The smallest absolute Gasteiger partial charge is 0.320 e. The molecule has 1 aliphatic heterocycles. The second-order valence-electron chi connectivity index (χ2n) is 11.3. The summed E-state index contributed by atoms with van der Waals surface area (Å²) in [5.74, 6) is 1.14. The zero-order chi connectivity index (χ0) is 29.8. The number of alkyl halides is 3. The van der Waals surface area contributed by atoms with Crippen LogP contribution in [0.2, 0.25) is 0 Å². The molecular formula is C28H32F3N7O3S. The van der Waals surface area contributed by atoms with E-state index in [1.54, 1.807) is 12.4 Å². The average Bonchev–Trinajstić information content (AvgIpc) is 3.47. The Hall–Kier alpha value is -3.49. The van der Waals surface area contributed by atoms with Crippen molar-refractivity contribution in [2.75, 3.05) is 32.4 Å². The highest BCUT2D eigenvalue weighted by molar-refractivity contribution is 7.88. The van der Waals surface area contributed by atoms with Crippen LogP contribution in [-0.2, 0) is 29.8 Å². The fraction of sp³-hybridized carbons (Fsp3) is 0.464. The first-order valence-electron chi connectivity index (χ1n) is 13.9. The zero-order valence-electron chi connectivity index (χ0n) is 23.3. The van der Waals surface area contributed by atoms with Crippen LogP contribution in [0.1, 0.15) is 47.7 Å². The number of hydrogen-bond acceptors (Lipinski definition) is 6. The van der Waals surface area contributed by atoms with Gasteiger partial charge >= 0.3 is 11.9 Å². The Balaban J connectivity index is 1.37. The molecule has 14 heteroatoms. The molecule has 6 rings (SSSR count). The number of aromatic nitrogens is 5. The summed E-state index contributed by atoms with van der Waals surface area (Å²) >= 11 is 0. The van der Waals surface area contributed by atoms with E-state index in [2.05, 4.69) is 10.2 Å². The lowest BCUT2D eigenvalue weighted by Crippen LogP contribution is -2.47. The maximum absolute atomic E-state index is 14.3. The van der Waals surface area contributed by atoms with Crippen LogP contribution in [0.3, 0.4) is 0 Å². The number of nitrogens with zero attached hydrogens (tertiary/aromatic N) is 7. The van der Waals surface area contributed by atoms with E-state index in [0.717, 1.165) is 47.4 Å². The molecule has 4 aromatic rings. The van der Waals surface area contributed by atoms with Crippen molar-refractivity contribution < 1.29 is 21.6 Å². The summed E-state index contributed by atoms with van der Waals surface area (Å²) in [6, 6.07) is 8.43. The quantitative estimate of drug-likeness (QED) is 0.322. The number of halogens is 3. The topological polar surface area (TPSA) is 97.7 Å². The number of sulfonamides is 1. The third-order valence-electron chi connectivity index (χ3n) is 8.49. The molecule has 4 heterocycles. The minimum absolute atomic E-state index is 0.0422. The van der Waals surface area contributed by atoms with E-state index in [1.165, 1.54) is 21.3 Å².